The van der Waals surface area contributed by atoms with Gasteiger partial charge in [-0.05, 0) is 36.6 Å². The number of amides is 2. The Morgan fingerprint density at radius 2 is 1.79 bits per heavy atom. The molecule has 0 spiro atoms. The number of urea groups is 1. The fourth-order valence-electron chi connectivity index (χ4n) is 3.10. The van der Waals surface area contributed by atoms with Crippen molar-refractivity contribution in [3.8, 4) is 5.75 Å². The number of rotatable bonds is 8. The molecule has 0 saturated heterocycles. The molecule has 0 radical (unpaired) electrons. The van der Waals surface area contributed by atoms with Gasteiger partial charge < -0.3 is 20.1 Å². The molecule has 2 aromatic rings. The topological polar surface area (TPSA) is 76.7 Å². The monoisotopic (exact) mass is 394 g/mol. The van der Waals surface area contributed by atoms with E-state index in [1.165, 1.54) is 0 Å². The Balaban J connectivity index is 1.73. The third-order valence-electron chi connectivity index (χ3n) is 4.68. The molecule has 0 aliphatic carbocycles. The highest BCUT2D eigenvalue weighted by molar-refractivity contribution is 5.95. The van der Waals surface area contributed by atoms with Crippen molar-refractivity contribution in [1.82, 2.24) is 10.6 Å². The van der Waals surface area contributed by atoms with Crippen molar-refractivity contribution < 1.29 is 19.1 Å². The Morgan fingerprint density at radius 1 is 1.07 bits per heavy atom. The molecule has 1 aliphatic rings. The molecule has 0 aromatic heterocycles. The number of ether oxygens (including phenoxy) is 2. The number of hydrogen-bond acceptors (Lipinski definition) is 4. The first-order valence-corrected chi connectivity index (χ1v) is 9.80. The van der Waals surface area contributed by atoms with Crippen LogP contribution in [0.25, 0.3) is 0 Å². The van der Waals surface area contributed by atoms with E-state index < -0.39 is 12.0 Å². The van der Waals surface area contributed by atoms with Crippen LogP contribution in [-0.2, 0) is 16.1 Å². The van der Waals surface area contributed by atoms with Crippen molar-refractivity contribution in [1.29, 1.82) is 0 Å². The van der Waals surface area contributed by atoms with Crippen LogP contribution >= 0.6 is 0 Å². The highest BCUT2D eigenvalue weighted by Crippen LogP contribution is 2.29. The van der Waals surface area contributed by atoms with E-state index in [0.717, 1.165) is 24.0 Å². The van der Waals surface area contributed by atoms with Crippen molar-refractivity contribution in [3.63, 3.8) is 0 Å². The number of unbranched alkanes of at least 4 members (excludes halogenated alkanes) is 1. The number of nitrogens with one attached hydrogen (secondary N) is 2. The van der Waals surface area contributed by atoms with Crippen molar-refractivity contribution in [2.24, 2.45) is 0 Å². The maximum absolute atomic E-state index is 12.6. The lowest BCUT2D eigenvalue weighted by Crippen LogP contribution is -2.45. The Kier molecular flexibility index (Phi) is 6.89. The zero-order valence-electron chi connectivity index (χ0n) is 16.7. The van der Waals surface area contributed by atoms with E-state index in [1.807, 2.05) is 61.5 Å². The van der Waals surface area contributed by atoms with E-state index in [2.05, 4.69) is 10.6 Å². The van der Waals surface area contributed by atoms with Crippen LogP contribution in [0, 0.1) is 0 Å². The SMILES string of the molecule is CCCCOC(=O)C1=C(C)NC(=O)N[C@H]1c1ccc(OCc2ccccc2)cc1. The number of allylic oxidation sites excluding steroid dienone is 1. The maximum atomic E-state index is 12.6. The van der Waals surface area contributed by atoms with Gasteiger partial charge >= 0.3 is 12.0 Å². The molecule has 1 aliphatic heterocycles. The quantitative estimate of drug-likeness (QED) is 0.519. The van der Waals surface area contributed by atoms with Gasteiger partial charge in [-0.25, -0.2) is 9.59 Å². The Labute approximate surface area is 170 Å². The molecule has 152 valence electrons. The molecule has 6 heteroatoms. The van der Waals surface area contributed by atoms with E-state index in [1.54, 1.807) is 6.92 Å². The molecule has 0 saturated carbocycles. The molecule has 1 atom stereocenters. The summed E-state index contributed by atoms with van der Waals surface area (Å²) in [7, 11) is 0. The van der Waals surface area contributed by atoms with Crippen LogP contribution in [0.15, 0.2) is 65.9 Å². The summed E-state index contributed by atoms with van der Waals surface area (Å²) in [4.78, 5) is 24.6. The first-order chi connectivity index (χ1) is 14.1. The molecule has 29 heavy (non-hydrogen) atoms. The van der Waals surface area contributed by atoms with Gasteiger partial charge in [0.25, 0.3) is 0 Å². The van der Waals surface area contributed by atoms with Crippen LogP contribution in [0.2, 0.25) is 0 Å². The summed E-state index contributed by atoms with van der Waals surface area (Å²) < 4.78 is 11.2. The molecule has 0 fully saturated rings. The van der Waals surface area contributed by atoms with Crippen LogP contribution < -0.4 is 15.4 Å². The van der Waals surface area contributed by atoms with Crippen LogP contribution in [0.4, 0.5) is 4.79 Å². The lowest BCUT2D eigenvalue weighted by atomic mass is 9.95. The number of benzene rings is 2. The minimum absolute atomic E-state index is 0.345. The third-order valence-corrected chi connectivity index (χ3v) is 4.68. The molecule has 0 unspecified atom stereocenters. The van der Waals surface area contributed by atoms with Crippen molar-refractivity contribution in [2.75, 3.05) is 6.61 Å². The van der Waals surface area contributed by atoms with E-state index in [0.29, 0.717) is 30.2 Å². The fourth-order valence-corrected chi connectivity index (χ4v) is 3.10. The van der Waals surface area contributed by atoms with Crippen LogP contribution in [0.3, 0.4) is 0 Å². The average molecular weight is 394 g/mol. The van der Waals surface area contributed by atoms with Gasteiger partial charge in [0, 0.05) is 5.70 Å². The molecular weight excluding hydrogens is 368 g/mol. The minimum Gasteiger partial charge on any atom is -0.489 e. The number of hydrogen-bond donors (Lipinski definition) is 2. The maximum Gasteiger partial charge on any atom is 0.338 e. The highest BCUT2D eigenvalue weighted by atomic mass is 16.5. The Hall–Kier alpha value is -3.28. The number of carbonyl (C=O) groups excluding carboxylic acids is 2. The van der Waals surface area contributed by atoms with Crippen molar-refractivity contribution in [2.45, 2.75) is 39.3 Å². The van der Waals surface area contributed by atoms with E-state index in [4.69, 9.17) is 9.47 Å². The molecule has 2 amide bonds. The molecule has 0 bridgehead atoms. The van der Waals surface area contributed by atoms with Gasteiger partial charge in [-0.1, -0.05) is 55.8 Å². The van der Waals surface area contributed by atoms with Gasteiger partial charge in [-0.2, -0.15) is 0 Å². The van der Waals surface area contributed by atoms with E-state index >= 15 is 0 Å². The second-order valence-electron chi connectivity index (χ2n) is 6.90. The summed E-state index contributed by atoms with van der Waals surface area (Å²) in [5, 5.41) is 5.47. The second kappa shape index (κ2) is 9.78. The Morgan fingerprint density at radius 3 is 2.48 bits per heavy atom. The normalized spacial score (nSPS) is 16.1. The van der Waals surface area contributed by atoms with Crippen molar-refractivity contribution in [3.05, 3.63) is 77.0 Å². The van der Waals surface area contributed by atoms with Gasteiger partial charge in [0.05, 0.1) is 18.2 Å². The molecule has 2 N–H and O–H groups in total. The average Bonchev–Trinajstić information content (AvgIpc) is 2.73. The van der Waals surface area contributed by atoms with Gasteiger partial charge in [0.2, 0.25) is 0 Å². The number of esters is 1. The predicted molar refractivity (Wildman–Crippen MR) is 110 cm³/mol. The van der Waals surface area contributed by atoms with Crippen molar-refractivity contribution >= 4 is 12.0 Å². The molecule has 2 aromatic carbocycles. The lowest BCUT2D eigenvalue weighted by Gasteiger charge is -2.28. The summed E-state index contributed by atoms with van der Waals surface area (Å²) in [6, 6.07) is 16.4. The van der Waals surface area contributed by atoms with Gasteiger partial charge in [-0.3, -0.25) is 0 Å². The zero-order valence-corrected chi connectivity index (χ0v) is 16.7. The van der Waals surface area contributed by atoms with Crippen LogP contribution in [0.1, 0.15) is 43.9 Å². The summed E-state index contributed by atoms with van der Waals surface area (Å²) in [5.74, 6) is 0.295. The summed E-state index contributed by atoms with van der Waals surface area (Å²) in [5.41, 5.74) is 2.79. The fraction of sp³-hybridized carbons (Fsp3) is 0.304. The smallest absolute Gasteiger partial charge is 0.338 e. The minimum atomic E-state index is -0.568. The largest absolute Gasteiger partial charge is 0.489 e. The molecule has 6 nitrogen and oxygen atoms in total. The summed E-state index contributed by atoms with van der Waals surface area (Å²) in [6.45, 7) is 4.57. The van der Waals surface area contributed by atoms with Crippen LogP contribution in [0.5, 0.6) is 5.75 Å². The van der Waals surface area contributed by atoms with E-state index in [-0.39, 0.29) is 6.03 Å². The van der Waals surface area contributed by atoms with Crippen LogP contribution in [-0.4, -0.2) is 18.6 Å². The Bertz CT molecular complexity index is 876. The summed E-state index contributed by atoms with van der Waals surface area (Å²) >= 11 is 0. The predicted octanol–water partition coefficient (Wildman–Crippen LogP) is 4.24. The second-order valence-corrected chi connectivity index (χ2v) is 6.90. The van der Waals surface area contributed by atoms with Gasteiger partial charge in [0.15, 0.2) is 0 Å². The highest BCUT2D eigenvalue weighted by Gasteiger charge is 2.32. The summed E-state index contributed by atoms with van der Waals surface area (Å²) in [6.07, 6.45) is 1.74. The van der Waals surface area contributed by atoms with Gasteiger partial charge in [0.1, 0.15) is 12.4 Å². The first-order valence-electron chi connectivity index (χ1n) is 9.80. The molecular formula is C23H26N2O4. The lowest BCUT2D eigenvalue weighted by molar-refractivity contribution is -0.139. The van der Waals surface area contributed by atoms with E-state index in [9.17, 15) is 9.59 Å². The molecule has 1 heterocycles. The standard InChI is InChI=1S/C23H26N2O4/c1-3-4-14-28-22(26)20-16(2)24-23(27)25-21(20)18-10-12-19(13-11-18)29-15-17-8-6-5-7-9-17/h5-13,21H,3-4,14-15H2,1-2H3,(H2,24,25,27)/t21-/m0/s1. The third kappa shape index (κ3) is 5.38. The molecule has 3 rings (SSSR count). The zero-order chi connectivity index (χ0) is 20.6. The number of carbonyl (C=O) groups is 2. The van der Waals surface area contributed by atoms with Gasteiger partial charge in [-0.15, -0.1) is 0 Å². The first kappa shape index (κ1) is 20.5.